The molecule has 5 aliphatic carbocycles. The maximum Gasteiger partial charge on any atom is 0.160 e. The Hall–Kier alpha value is -0.540. The van der Waals surface area contributed by atoms with Crippen LogP contribution in [0.5, 0.6) is 0 Å². The summed E-state index contributed by atoms with van der Waals surface area (Å²) in [5, 5.41) is 43.5. The lowest BCUT2D eigenvalue weighted by Gasteiger charge is -2.68. The molecule has 1 saturated heterocycles. The van der Waals surface area contributed by atoms with Gasteiger partial charge in [-0.1, -0.05) is 39.3 Å². The van der Waals surface area contributed by atoms with Crippen molar-refractivity contribution in [2.75, 3.05) is 20.3 Å². The summed E-state index contributed by atoms with van der Waals surface area (Å²) in [6.07, 6.45) is 9.28. The monoisotopic (exact) mass is 604 g/mol. The zero-order valence-corrected chi connectivity index (χ0v) is 28.1. The van der Waals surface area contributed by atoms with Gasteiger partial charge in [-0.2, -0.15) is 0 Å². The largest absolute Gasteiger partial charge is 0.393 e. The number of ether oxygens (including phenoxy) is 3. The lowest BCUT2D eigenvalue weighted by atomic mass is 9.37. The average molecular weight is 605 g/mol. The first-order chi connectivity index (χ1) is 20.1. The molecule has 0 aromatic carbocycles. The smallest absolute Gasteiger partial charge is 0.160 e. The highest BCUT2D eigenvalue weighted by Gasteiger charge is 2.85. The summed E-state index contributed by atoms with van der Waals surface area (Å²) in [4.78, 5) is 0. The van der Waals surface area contributed by atoms with Gasteiger partial charge < -0.3 is 34.6 Å². The highest BCUT2D eigenvalue weighted by Crippen LogP contribution is 2.91. The van der Waals surface area contributed by atoms with Crippen LogP contribution in [0.15, 0.2) is 11.6 Å². The molecule has 0 spiro atoms. The molecular weight excluding hydrogens is 544 g/mol. The van der Waals surface area contributed by atoms with Crippen molar-refractivity contribution in [3.63, 3.8) is 0 Å². The Balaban J connectivity index is 1.25. The van der Waals surface area contributed by atoms with Crippen molar-refractivity contribution in [1.82, 2.24) is 0 Å². The molecule has 43 heavy (non-hydrogen) atoms. The molecule has 6 rings (SSSR count). The van der Waals surface area contributed by atoms with Crippen molar-refractivity contribution in [2.45, 2.75) is 143 Å². The Bertz CT molecular complexity index is 1100. The van der Waals surface area contributed by atoms with Gasteiger partial charge in [0.15, 0.2) is 6.29 Å². The van der Waals surface area contributed by atoms with Crippen LogP contribution in [0.4, 0.5) is 0 Å². The molecule has 0 amide bonds. The van der Waals surface area contributed by atoms with E-state index >= 15 is 0 Å². The number of fused-ring (bicyclic) bond motifs is 3. The minimum atomic E-state index is -1.62. The lowest BCUT2D eigenvalue weighted by Crippen LogP contribution is -2.66. The van der Waals surface area contributed by atoms with E-state index in [2.05, 4.69) is 47.6 Å². The molecule has 1 aliphatic heterocycles. The van der Waals surface area contributed by atoms with Gasteiger partial charge in [-0.15, -0.1) is 0 Å². The molecule has 4 N–H and O–H groups in total. The number of aliphatic hydroxyl groups excluding tert-OH is 3. The molecule has 7 nitrogen and oxygen atoms in total. The van der Waals surface area contributed by atoms with Crippen LogP contribution < -0.4 is 0 Å². The molecule has 14 atom stereocenters. The number of rotatable bonds is 8. The second-order valence-electron chi connectivity index (χ2n) is 17.3. The molecule has 5 saturated carbocycles. The van der Waals surface area contributed by atoms with Gasteiger partial charge in [0.1, 0.15) is 11.7 Å². The second-order valence-corrected chi connectivity index (χ2v) is 17.3. The van der Waals surface area contributed by atoms with Crippen LogP contribution in [-0.2, 0) is 14.2 Å². The predicted molar refractivity (Wildman–Crippen MR) is 165 cm³/mol. The van der Waals surface area contributed by atoms with Crippen molar-refractivity contribution >= 4 is 0 Å². The average Bonchev–Trinajstić information content (AvgIpc) is 3.27. The van der Waals surface area contributed by atoms with E-state index in [1.54, 1.807) is 7.11 Å². The van der Waals surface area contributed by atoms with Crippen LogP contribution >= 0.6 is 0 Å². The van der Waals surface area contributed by atoms with Crippen LogP contribution in [0, 0.1) is 50.7 Å². The van der Waals surface area contributed by atoms with Crippen LogP contribution in [0.2, 0.25) is 0 Å². The quantitative estimate of drug-likeness (QED) is 0.281. The van der Waals surface area contributed by atoms with E-state index in [9.17, 15) is 20.4 Å². The zero-order chi connectivity index (χ0) is 31.4. The highest BCUT2D eigenvalue weighted by atomic mass is 16.7. The molecule has 7 heteroatoms. The first-order valence-electron chi connectivity index (χ1n) is 17.2. The molecule has 0 bridgehead atoms. The Kier molecular flexibility index (Phi) is 7.90. The fourth-order valence-electron chi connectivity index (χ4n) is 12.9. The topological polar surface area (TPSA) is 109 Å². The Morgan fingerprint density at radius 3 is 2.42 bits per heavy atom. The molecule has 0 radical (unpaired) electrons. The Morgan fingerprint density at radius 1 is 1.05 bits per heavy atom. The molecule has 1 heterocycles. The van der Waals surface area contributed by atoms with Crippen molar-refractivity contribution in [3.8, 4) is 0 Å². The van der Waals surface area contributed by atoms with E-state index < -0.39 is 30.7 Å². The maximum absolute atomic E-state index is 12.3. The summed E-state index contributed by atoms with van der Waals surface area (Å²) >= 11 is 0. The van der Waals surface area contributed by atoms with Crippen LogP contribution in [0.1, 0.15) is 106 Å². The molecule has 246 valence electrons. The van der Waals surface area contributed by atoms with Gasteiger partial charge in [-0.3, -0.25) is 0 Å². The Morgan fingerprint density at radius 2 is 1.77 bits per heavy atom. The van der Waals surface area contributed by atoms with E-state index in [0.717, 1.165) is 38.5 Å². The van der Waals surface area contributed by atoms with E-state index in [0.29, 0.717) is 30.8 Å². The second kappa shape index (κ2) is 10.5. The summed E-state index contributed by atoms with van der Waals surface area (Å²) in [7, 11) is 1.68. The van der Waals surface area contributed by atoms with Crippen LogP contribution in [0.25, 0.3) is 0 Å². The molecule has 0 unspecified atom stereocenters. The van der Waals surface area contributed by atoms with Gasteiger partial charge in [0.05, 0.1) is 31.5 Å². The van der Waals surface area contributed by atoms with E-state index in [-0.39, 0.29) is 45.2 Å². The summed E-state index contributed by atoms with van der Waals surface area (Å²) in [5.74, 6) is 1.43. The SMILES string of the molecule is CO[C@H]1O[C@@H]([C@H](O)[C@](C)(O)CO)C[C@H]1[C@@H]1CC[C@]23C[C@]12CC[C@@H]1[C@@]2(C)CC[C@H](OCC=C(C)C)C(C)(C)[C@@H]2C[C@@H](O)[C@]13C. The van der Waals surface area contributed by atoms with E-state index in [4.69, 9.17) is 14.2 Å². The number of hydrogen-bond donors (Lipinski definition) is 4. The fourth-order valence-corrected chi connectivity index (χ4v) is 12.9. The summed E-state index contributed by atoms with van der Waals surface area (Å²) < 4.78 is 18.6. The Labute approximate surface area is 259 Å². The van der Waals surface area contributed by atoms with Crippen molar-refractivity contribution < 1.29 is 34.6 Å². The number of aliphatic hydroxyl groups is 4. The van der Waals surface area contributed by atoms with E-state index in [1.165, 1.54) is 25.3 Å². The highest BCUT2D eigenvalue weighted by molar-refractivity contribution is 5.33. The molecular formula is C36H60O7. The lowest BCUT2D eigenvalue weighted by molar-refractivity contribution is -0.247. The fraction of sp³-hybridized carbons (Fsp3) is 0.944. The van der Waals surface area contributed by atoms with Gasteiger partial charge in [0, 0.05) is 18.4 Å². The number of hydrogen-bond acceptors (Lipinski definition) is 7. The minimum Gasteiger partial charge on any atom is -0.393 e. The van der Waals surface area contributed by atoms with Gasteiger partial charge in [0.25, 0.3) is 0 Å². The van der Waals surface area contributed by atoms with Crippen molar-refractivity contribution in [1.29, 1.82) is 0 Å². The van der Waals surface area contributed by atoms with Crippen LogP contribution in [0.3, 0.4) is 0 Å². The normalized spacial score (nSPS) is 51.8. The van der Waals surface area contributed by atoms with Crippen LogP contribution in [-0.4, -0.2) is 77.1 Å². The third kappa shape index (κ3) is 4.30. The zero-order valence-electron chi connectivity index (χ0n) is 28.1. The molecule has 0 aromatic heterocycles. The summed E-state index contributed by atoms with van der Waals surface area (Å²) in [5.41, 5.74) is 0.0149. The summed E-state index contributed by atoms with van der Waals surface area (Å²) in [6.45, 7) is 15.7. The van der Waals surface area contributed by atoms with Gasteiger partial charge in [-0.05, 0) is 118 Å². The van der Waals surface area contributed by atoms with Gasteiger partial charge >= 0.3 is 0 Å². The third-order valence-corrected chi connectivity index (χ3v) is 15.1. The van der Waals surface area contributed by atoms with Gasteiger partial charge in [0.2, 0.25) is 0 Å². The number of methoxy groups -OCH3 is 1. The minimum absolute atomic E-state index is 0.00272. The van der Waals surface area contributed by atoms with E-state index in [1.807, 2.05) is 0 Å². The van der Waals surface area contributed by atoms with Crippen molar-refractivity contribution in [3.05, 3.63) is 11.6 Å². The maximum atomic E-state index is 12.3. The third-order valence-electron chi connectivity index (χ3n) is 15.1. The van der Waals surface area contributed by atoms with Gasteiger partial charge in [-0.25, -0.2) is 0 Å². The summed E-state index contributed by atoms with van der Waals surface area (Å²) in [6, 6.07) is 0. The molecule has 0 aromatic rings. The van der Waals surface area contributed by atoms with Crippen molar-refractivity contribution in [2.24, 2.45) is 50.7 Å². The first kappa shape index (κ1) is 32.4. The predicted octanol–water partition coefficient (Wildman–Crippen LogP) is 5.23. The standard InChI is InChI=1S/C36H60O7/c1-21(2)12-16-42-28-11-13-32(5)25-10-14-35-19-36(35,34(25,7)27(38)18-26(32)31(28,3)4)15-9-23(35)22-17-24(43-30(22)41-8)29(39)33(6,40)20-37/h12,22-30,37-40H,9-11,13-20H2,1-8H3/t22-,23-,24+,25+,26-,27+,28-,29-,30-,32+,33+,34-,35+,36+/m0/s1. The molecule has 6 aliphatic rings. The first-order valence-corrected chi connectivity index (χ1v) is 17.2. The molecule has 6 fully saturated rings. The number of allylic oxidation sites excluding steroid dienone is 1.